The largest absolute Gasteiger partial charge is 0.127 e. The van der Waals surface area contributed by atoms with Crippen LogP contribution in [0.1, 0.15) is 19.8 Å². The minimum absolute atomic E-state index is 0.528. The molecule has 0 aliphatic heterocycles. The van der Waals surface area contributed by atoms with Gasteiger partial charge in [0.25, 0.3) is 0 Å². The van der Waals surface area contributed by atoms with E-state index in [-0.39, 0.29) is 0 Å². The number of halogens is 3. The second-order valence-corrected chi connectivity index (χ2v) is 4.65. The van der Waals surface area contributed by atoms with E-state index in [0.717, 1.165) is 18.7 Å². The van der Waals surface area contributed by atoms with Crippen LogP contribution in [-0.2, 0) is 0 Å². The van der Waals surface area contributed by atoms with Crippen molar-refractivity contribution in [3.05, 3.63) is 0 Å². The van der Waals surface area contributed by atoms with Gasteiger partial charge in [-0.3, -0.25) is 0 Å². The quantitative estimate of drug-likeness (QED) is 0.690. The van der Waals surface area contributed by atoms with E-state index in [2.05, 4.69) is 38.8 Å². The topological polar surface area (TPSA) is 0 Å². The predicted molar refractivity (Wildman–Crippen MR) is 51.1 cm³/mol. The third-order valence-electron chi connectivity index (χ3n) is 1.17. The molecule has 0 aromatic heterocycles. The lowest BCUT2D eigenvalue weighted by Gasteiger charge is -2.12. The fourth-order valence-electron chi connectivity index (χ4n) is 0.541. The van der Waals surface area contributed by atoms with E-state index in [1.54, 1.807) is 0 Å². The molecule has 2 atom stereocenters. The van der Waals surface area contributed by atoms with Gasteiger partial charge < -0.3 is 0 Å². The first kappa shape index (κ1) is 10.2. The predicted octanol–water partition coefficient (Wildman–Crippen LogP) is 3.55. The number of alkyl halides is 3. The van der Waals surface area contributed by atoms with Crippen molar-refractivity contribution < 1.29 is 0 Å². The zero-order valence-corrected chi connectivity index (χ0v) is 9.34. The first-order chi connectivity index (χ1) is 4.22. The minimum Gasteiger partial charge on any atom is -0.127 e. The highest BCUT2D eigenvalue weighted by molar-refractivity contribution is 9.12. The van der Waals surface area contributed by atoms with Crippen LogP contribution >= 0.6 is 43.5 Å². The standard InChI is InChI=1S/C6H11Br2Cl/c1-2-5(7)6(8)3-4-9/h5-6H,2-4H2,1H3. The Bertz CT molecular complexity index is 68.1. The smallest absolute Gasteiger partial charge is 0.0282 e. The summed E-state index contributed by atoms with van der Waals surface area (Å²) in [6, 6.07) is 0. The molecule has 0 fully saturated rings. The Balaban J connectivity index is 3.32. The van der Waals surface area contributed by atoms with E-state index < -0.39 is 0 Å². The van der Waals surface area contributed by atoms with Crippen molar-refractivity contribution in [2.45, 2.75) is 29.4 Å². The van der Waals surface area contributed by atoms with Gasteiger partial charge in [0.15, 0.2) is 0 Å². The summed E-state index contributed by atoms with van der Waals surface area (Å²) in [6.07, 6.45) is 2.18. The maximum Gasteiger partial charge on any atom is 0.0282 e. The summed E-state index contributed by atoms with van der Waals surface area (Å²) >= 11 is 12.6. The molecule has 0 N–H and O–H groups in total. The first-order valence-corrected chi connectivity index (χ1v) is 5.43. The normalized spacial score (nSPS) is 17.3. The van der Waals surface area contributed by atoms with E-state index in [1.165, 1.54) is 0 Å². The van der Waals surface area contributed by atoms with Gasteiger partial charge in [0.05, 0.1) is 0 Å². The van der Waals surface area contributed by atoms with Gasteiger partial charge in [0.2, 0.25) is 0 Å². The SMILES string of the molecule is CCC(Br)C(Br)CCCl. The Hall–Kier alpha value is 1.25. The van der Waals surface area contributed by atoms with Gasteiger partial charge in [-0.2, -0.15) is 0 Å². The lowest BCUT2D eigenvalue weighted by atomic mass is 10.2. The van der Waals surface area contributed by atoms with Gasteiger partial charge in [-0.1, -0.05) is 38.8 Å². The van der Waals surface area contributed by atoms with Crippen LogP contribution < -0.4 is 0 Å². The van der Waals surface area contributed by atoms with Crippen molar-refractivity contribution in [1.82, 2.24) is 0 Å². The molecule has 9 heavy (non-hydrogen) atoms. The van der Waals surface area contributed by atoms with Gasteiger partial charge in [-0.15, -0.1) is 11.6 Å². The minimum atomic E-state index is 0.528. The molecule has 0 bridgehead atoms. The van der Waals surface area contributed by atoms with Crippen LogP contribution in [0.4, 0.5) is 0 Å². The van der Waals surface area contributed by atoms with E-state index in [4.69, 9.17) is 11.6 Å². The molecule has 0 saturated heterocycles. The maximum absolute atomic E-state index is 5.55. The zero-order valence-electron chi connectivity index (χ0n) is 5.41. The van der Waals surface area contributed by atoms with Crippen LogP contribution in [0.5, 0.6) is 0 Å². The van der Waals surface area contributed by atoms with Gasteiger partial charge in [0.1, 0.15) is 0 Å². The third kappa shape index (κ3) is 4.63. The molecular formula is C6H11Br2Cl. The molecular weight excluding hydrogens is 267 g/mol. The average Bonchev–Trinajstić information content (AvgIpc) is 1.87. The highest BCUT2D eigenvalue weighted by Crippen LogP contribution is 2.20. The second kappa shape index (κ2) is 5.99. The Morgan fingerprint density at radius 3 is 2.22 bits per heavy atom. The summed E-state index contributed by atoms with van der Waals surface area (Å²) in [5, 5.41) is 0. The molecule has 0 aliphatic rings. The van der Waals surface area contributed by atoms with Crippen LogP contribution in [0.3, 0.4) is 0 Å². The van der Waals surface area contributed by atoms with E-state index in [0.29, 0.717) is 9.65 Å². The summed E-state index contributed by atoms with van der Waals surface area (Å²) in [4.78, 5) is 1.09. The molecule has 0 amide bonds. The molecule has 0 rings (SSSR count). The zero-order chi connectivity index (χ0) is 7.28. The molecule has 0 radical (unpaired) electrons. The summed E-state index contributed by atoms with van der Waals surface area (Å²) in [7, 11) is 0. The van der Waals surface area contributed by atoms with Crippen LogP contribution in [0.25, 0.3) is 0 Å². The molecule has 0 aromatic carbocycles. The van der Waals surface area contributed by atoms with Crippen LogP contribution in [0, 0.1) is 0 Å². The lowest BCUT2D eigenvalue weighted by molar-refractivity contribution is 0.761. The summed E-state index contributed by atoms with van der Waals surface area (Å²) in [6.45, 7) is 2.15. The molecule has 0 aliphatic carbocycles. The number of hydrogen-bond acceptors (Lipinski definition) is 0. The van der Waals surface area contributed by atoms with E-state index in [1.807, 2.05) is 0 Å². The monoisotopic (exact) mass is 276 g/mol. The number of rotatable bonds is 4. The van der Waals surface area contributed by atoms with Gasteiger partial charge in [-0.25, -0.2) is 0 Å². The molecule has 0 saturated carbocycles. The lowest BCUT2D eigenvalue weighted by Crippen LogP contribution is -2.12. The van der Waals surface area contributed by atoms with Crippen molar-refractivity contribution in [2.24, 2.45) is 0 Å². The highest BCUT2D eigenvalue weighted by Gasteiger charge is 2.11. The maximum atomic E-state index is 5.55. The molecule has 0 heterocycles. The molecule has 2 unspecified atom stereocenters. The van der Waals surface area contributed by atoms with Crippen LogP contribution in [0.15, 0.2) is 0 Å². The van der Waals surface area contributed by atoms with Crippen molar-refractivity contribution >= 4 is 43.5 Å². The van der Waals surface area contributed by atoms with Crippen molar-refractivity contribution in [3.63, 3.8) is 0 Å². The van der Waals surface area contributed by atoms with E-state index >= 15 is 0 Å². The Kier molecular flexibility index (Phi) is 6.82. The third-order valence-corrected chi connectivity index (χ3v) is 4.48. The van der Waals surface area contributed by atoms with Crippen LogP contribution in [-0.4, -0.2) is 15.5 Å². The van der Waals surface area contributed by atoms with Gasteiger partial charge >= 0.3 is 0 Å². The average molecular weight is 278 g/mol. The van der Waals surface area contributed by atoms with Crippen LogP contribution in [0.2, 0.25) is 0 Å². The summed E-state index contributed by atoms with van der Waals surface area (Å²) in [5.41, 5.74) is 0. The van der Waals surface area contributed by atoms with Crippen molar-refractivity contribution in [3.8, 4) is 0 Å². The fraction of sp³-hybridized carbons (Fsp3) is 1.00. The Morgan fingerprint density at radius 1 is 1.33 bits per heavy atom. The molecule has 56 valence electrons. The molecule has 0 spiro atoms. The molecule has 3 heteroatoms. The second-order valence-electron chi connectivity index (χ2n) is 1.92. The van der Waals surface area contributed by atoms with Gasteiger partial charge in [0, 0.05) is 15.5 Å². The van der Waals surface area contributed by atoms with Crippen molar-refractivity contribution in [1.29, 1.82) is 0 Å². The Morgan fingerprint density at radius 2 is 1.89 bits per heavy atom. The molecule has 0 nitrogen and oxygen atoms in total. The van der Waals surface area contributed by atoms with Gasteiger partial charge in [-0.05, 0) is 12.8 Å². The summed E-state index contributed by atoms with van der Waals surface area (Å²) < 4.78 is 0. The fourth-order valence-corrected chi connectivity index (χ4v) is 1.91. The first-order valence-electron chi connectivity index (χ1n) is 3.06. The van der Waals surface area contributed by atoms with E-state index in [9.17, 15) is 0 Å². The molecule has 0 aromatic rings. The highest BCUT2D eigenvalue weighted by atomic mass is 79.9. The number of hydrogen-bond donors (Lipinski definition) is 0. The summed E-state index contributed by atoms with van der Waals surface area (Å²) in [5.74, 6) is 0.734. The van der Waals surface area contributed by atoms with Crippen molar-refractivity contribution in [2.75, 3.05) is 5.88 Å². The Labute approximate surface area is 78.6 Å².